The van der Waals surface area contributed by atoms with Crippen LogP contribution in [0, 0.1) is 17.1 Å². The van der Waals surface area contributed by atoms with Crippen LogP contribution in [0.25, 0.3) is 0 Å². The highest BCUT2D eigenvalue weighted by molar-refractivity contribution is 5.97. The minimum atomic E-state index is -0.215. The van der Waals surface area contributed by atoms with Gasteiger partial charge in [-0.1, -0.05) is 24.3 Å². The van der Waals surface area contributed by atoms with Gasteiger partial charge >= 0.3 is 0 Å². The molecule has 1 amide bonds. The van der Waals surface area contributed by atoms with Gasteiger partial charge in [-0.25, -0.2) is 4.39 Å². The Morgan fingerprint density at radius 3 is 2.32 bits per heavy atom. The molecule has 25 heavy (non-hydrogen) atoms. The molecule has 0 saturated carbocycles. The Hall–Kier alpha value is -2.67. The number of amides is 1. The van der Waals surface area contributed by atoms with Crippen LogP contribution in [-0.4, -0.2) is 22.9 Å². The van der Waals surface area contributed by atoms with Crippen molar-refractivity contribution < 1.29 is 9.18 Å². The van der Waals surface area contributed by atoms with Crippen molar-refractivity contribution >= 4 is 5.91 Å². The summed E-state index contributed by atoms with van der Waals surface area (Å²) >= 11 is 0. The fourth-order valence-corrected chi connectivity index (χ4v) is 4.42. The first kappa shape index (κ1) is 15.8. The van der Waals surface area contributed by atoms with Crippen LogP contribution in [0.1, 0.15) is 53.1 Å². The lowest BCUT2D eigenvalue weighted by molar-refractivity contribution is 0.0571. The number of nitriles is 1. The van der Waals surface area contributed by atoms with Crippen molar-refractivity contribution in [2.24, 2.45) is 0 Å². The van der Waals surface area contributed by atoms with Gasteiger partial charge in [0.15, 0.2) is 0 Å². The largest absolute Gasteiger partial charge is 0.333 e. The molecule has 0 spiro atoms. The summed E-state index contributed by atoms with van der Waals surface area (Å²) < 4.78 is 13.2. The van der Waals surface area contributed by atoms with E-state index in [0.717, 1.165) is 31.2 Å². The van der Waals surface area contributed by atoms with E-state index in [1.165, 1.54) is 12.1 Å². The van der Waals surface area contributed by atoms with Crippen LogP contribution in [-0.2, 0) is 0 Å². The summed E-state index contributed by atoms with van der Waals surface area (Å²) in [6.45, 7) is 0. The summed E-state index contributed by atoms with van der Waals surface area (Å²) in [6.07, 6.45) is 3.82. The number of carbonyl (C=O) groups excluding carboxylic acids is 1. The van der Waals surface area contributed by atoms with Crippen LogP contribution < -0.4 is 0 Å². The van der Waals surface area contributed by atoms with Crippen LogP contribution in [0.5, 0.6) is 0 Å². The van der Waals surface area contributed by atoms with Crippen LogP contribution in [0.2, 0.25) is 0 Å². The van der Waals surface area contributed by atoms with Crippen molar-refractivity contribution in [1.29, 1.82) is 5.26 Å². The number of rotatable bonds is 2. The molecule has 4 rings (SSSR count). The van der Waals surface area contributed by atoms with Gasteiger partial charge in [0, 0.05) is 12.1 Å². The Morgan fingerprint density at radius 2 is 1.68 bits per heavy atom. The summed E-state index contributed by atoms with van der Waals surface area (Å²) in [5.74, 6) is 0.128. The van der Waals surface area contributed by atoms with E-state index in [1.54, 1.807) is 24.3 Å². The average molecular weight is 334 g/mol. The molecule has 2 aliphatic heterocycles. The third kappa shape index (κ3) is 2.80. The summed E-state index contributed by atoms with van der Waals surface area (Å²) in [5, 5.41) is 9.27. The highest BCUT2D eigenvalue weighted by Gasteiger charge is 2.44. The van der Waals surface area contributed by atoms with E-state index in [-0.39, 0.29) is 23.8 Å². The normalized spacial score (nSPS) is 24.8. The Kier molecular flexibility index (Phi) is 4.01. The van der Waals surface area contributed by atoms with Crippen molar-refractivity contribution in [1.82, 2.24) is 4.90 Å². The van der Waals surface area contributed by atoms with Crippen LogP contribution in [0.3, 0.4) is 0 Å². The van der Waals surface area contributed by atoms with Crippen molar-refractivity contribution in [3.63, 3.8) is 0 Å². The molecule has 3 atom stereocenters. The number of nitrogens with zero attached hydrogens (tertiary/aromatic N) is 2. The number of halogens is 1. The molecule has 4 heteroatoms. The van der Waals surface area contributed by atoms with Crippen LogP contribution in [0.4, 0.5) is 4.39 Å². The highest BCUT2D eigenvalue weighted by atomic mass is 19.1. The minimum Gasteiger partial charge on any atom is -0.333 e. The third-order valence-electron chi connectivity index (χ3n) is 5.59. The molecule has 0 N–H and O–H groups in total. The molecule has 3 nitrogen and oxygen atoms in total. The standard InChI is InChI=1S/C21H19FN2O/c22-17-7-5-14(6-8-17)16-11-18-9-10-19(12-16)24(18)21(25)20-4-2-1-3-15(20)13-23/h1-8,16,18-19H,9-12H2/t16?,18-,19+. The highest BCUT2D eigenvalue weighted by Crippen LogP contribution is 2.43. The molecule has 2 aliphatic rings. The number of carbonyl (C=O) groups is 1. The molecule has 126 valence electrons. The van der Waals surface area contributed by atoms with Gasteiger partial charge in [-0.2, -0.15) is 5.26 Å². The first-order valence-corrected chi connectivity index (χ1v) is 8.74. The van der Waals surface area contributed by atoms with Crippen molar-refractivity contribution in [2.75, 3.05) is 0 Å². The van der Waals surface area contributed by atoms with E-state index in [2.05, 4.69) is 6.07 Å². The molecule has 0 radical (unpaired) electrons. The summed E-state index contributed by atoms with van der Waals surface area (Å²) in [4.78, 5) is 15.0. The number of benzene rings is 2. The summed E-state index contributed by atoms with van der Waals surface area (Å²) in [7, 11) is 0. The molecular formula is C21H19FN2O. The molecule has 1 unspecified atom stereocenters. The molecule has 0 aromatic heterocycles. The maximum absolute atomic E-state index is 13.2. The van der Waals surface area contributed by atoms with Gasteiger partial charge in [-0.05, 0) is 61.4 Å². The first-order valence-electron chi connectivity index (χ1n) is 8.74. The first-order chi connectivity index (χ1) is 12.2. The second kappa shape index (κ2) is 6.33. The molecule has 2 bridgehead atoms. The van der Waals surface area contributed by atoms with Gasteiger partial charge in [-0.3, -0.25) is 4.79 Å². The Balaban J connectivity index is 1.57. The van der Waals surface area contributed by atoms with Gasteiger partial charge in [-0.15, -0.1) is 0 Å². The van der Waals surface area contributed by atoms with Crippen molar-refractivity contribution in [3.8, 4) is 6.07 Å². The fourth-order valence-electron chi connectivity index (χ4n) is 4.42. The third-order valence-corrected chi connectivity index (χ3v) is 5.59. The Morgan fingerprint density at radius 1 is 1.04 bits per heavy atom. The number of fused-ring (bicyclic) bond motifs is 2. The van der Waals surface area contributed by atoms with Crippen molar-refractivity contribution in [3.05, 3.63) is 71.0 Å². The number of hydrogen-bond acceptors (Lipinski definition) is 2. The van der Waals surface area contributed by atoms with E-state index in [1.807, 2.05) is 17.0 Å². The fraction of sp³-hybridized carbons (Fsp3) is 0.333. The van der Waals surface area contributed by atoms with Gasteiger partial charge in [0.2, 0.25) is 0 Å². The zero-order valence-electron chi connectivity index (χ0n) is 13.9. The van der Waals surface area contributed by atoms with E-state index in [9.17, 15) is 14.4 Å². The van der Waals surface area contributed by atoms with E-state index < -0.39 is 0 Å². The SMILES string of the molecule is N#Cc1ccccc1C(=O)N1[C@@H]2CC[C@H]1CC(c1ccc(F)cc1)C2. The number of hydrogen-bond donors (Lipinski definition) is 0. The molecular weight excluding hydrogens is 315 g/mol. The molecule has 0 aliphatic carbocycles. The predicted octanol–water partition coefficient (Wildman–Crippen LogP) is 4.25. The van der Waals surface area contributed by atoms with Gasteiger partial charge in [0.1, 0.15) is 5.82 Å². The minimum absolute atomic E-state index is 0.0257. The lowest BCUT2D eigenvalue weighted by Crippen LogP contribution is -2.46. The van der Waals surface area contributed by atoms with Gasteiger partial charge < -0.3 is 4.90 Å². The molecule has 2 saturated heterocycles. The quantitative estimate of drug-likeness (QED) is 0.824. The molecule has 2 fully saturated rings. The lowest BCUT2D eigenvalue weighted by atomic mass is 9.84. The predicted molar refractivity (Wildman–Crippen MR) is 92.5 cm³/mol. The monoisotopic (exact) mass is 334 g/mol. The zero-order chi connectivity index (χ0) is 17.4. The maximum Gasteiger partial charge on any atom is 0.255 e. The topological polar surface area (TPSA) is 44.1 Å². The van der Waals surface area contributed by atoms with E-state index in [0.29, 0.717) is 17.0 Å². The van der Waals surface area contributed by atoms with Crippen LogP contribution >= 0.6 is 0 Å². The van der Waals surface area contributed by atoms with Gasteiger partial charge in [0.05, 0.1) is 17.2 Å². The lowest BCUT2D eigenvalue weighted by Gasteiger charge is -2.39. The molecule has 2 aromatic rings. The Labute approximate surface area is 146 Å². The van der Waals surface area contributed by atoms with Crippen molar-refractivity contribution in [2.45, 2.75) is 43.7 Å². The van der Waals surface area contributed by atoms with E-state index >= 15 is 0 Å². The average Bonchev–Trinajstić information content (AvgIpc) is 2.91. The van der Waals surface area contributed by atoms with Crippen LogP contribution in [0.15, 0.2) is 48.5 Å². The Bertz CT molecular complexity index is 826. The summed E-state index contributed by atoms with van der Waals surface area (Å²) in [5.41, 5.74) is 2.09. The molecule has 2 heterocycles. The zero-order valence-corrected chi connectivity index (χ0v) is 13.9. The smallest absolute Gasteiger partial charge is 0.255 e. The van der Waals surface area contributed by atoms with E-state index in [4.69, 9.17) is 0 Å². The van der Waals surface area contributed by atoms with Gasteiger partial charge in [0.25, 0.3) is 5.91 Å². The summed E-state index contributed by atoms with van der Waals surface area (Å²) in [6, 6.07) is 16.3. The second-order valence-corrected chi connectivity index (χ2v) is 6.97. The maximum atomic E-state index is 13.2. The second-order valence-electron chi connectivity index (χ2n) is 6.97. The number of piperidine rings is 1. The molecule has 2 aromatic carbocycles.